The van der Waals surface area contributed by atoms with E-state index >= 15 is 0 Å². The topological polar surface area (TPSA) is 106 Å². The van der Waals surface area contributed by atoms with Gasteiger partial charge in [-0.25, -0.2) is 14.3 Å². The number of aromatic hydroxyl groups is 1. The number of nitrogens with zero attached hydrogens (tertiary/aromatic N) is 4. The van der Waals surface area contributed by atoms with Gasteiger partial charge >= 0.3 is 0 Å². The minimum atomic E-state index is -3.08. The first-order chi connectivity index (χ1) is 16.2. The number of oxazole rings is 1. The SMILES string of the molecule is Cc1cccc(N2[C@]3(C=CS2(O)O)CCN(Cc2ccc(O)c(-c4ncoc4C)c2)[C@@H](C)C3)n1. The number of hydrogen-bond donors (Lipinski definition) is 3. The van der Waals surface area contributed by atoms with Crippen LogP contribution in [0, 0.1) is 13.8 Å². The molecule has 0 radical (unpaired) electrons. The number of rotatable bonds is 4. The van der Waals surface area contributed by atoms with Crippen molar-refractivity contribution in [2.75, 3.05) is 10.8 Å². The molecule has 4 heterocycles. The number of anilines is 1. The molecule has 8 nitrogen and oxygen atoms in total. The zero-order valence-corrected chi connectivity index (χ0v) is 20.4. The van der Waals surface area contributed by atoms with Crippen LogP contribution in [0.4, 0.5) is 5.82 Å². The van der Waals surface area contributed by atoms with Crippen molar-refractivity contribution >= 4 is 16.6 Å². The van der Waals surface area contributed by atoms with Crippen LogP contribution in [-0.2, 0) is 6.54 Å². The molecule has 9 heteroatoms. The van der Waals surface area contributed by atoms with Crippen LogP contribution in [0.5, 0.6) is 5.75 Å². The smallest absolute Gasteiger partial charge is 0.181 e. The van der Waals surface area contributed by atoms with E-state index in [2.05, 4.69) is 21.8 Å². The first kappa shape index (κ1) is 22.9. The van der Waals surface area contributed by atoms with Gasteiger partial charge in [-0.3, -0.25) is 14.0 Å². The minimum absolute atomic E-state index is 0.175. The summed E-state index contributed by atoms with van der Waals surface area (Å²) in [6, 6.07) is 11.4. The molecule has 1 spiro atoms. The number of likely N-dealkylation sites (tertiary alicyclic amines) is 1. The van der Waals surface area contributed by atoms with Crippen molar-refractivity contribution in [3.8, 4) is 17.0 Å². The second-order valence-electron chi connectivity index (χ2n) is 9.28. The minimum Gasteiger partial charge on any atom is -0.507 e. The van der Waals surface area contributed by atoms with Gasteiger partial charge in [-0.15, -0.1) is 0 Å². The highest BCUT2D eigenvalue weighted by Gasteiger charge is 2.50. The molecule has 2 aliphatic rings. The standard InChI is InChI=1S/C25H30N4O4S/c1-17-5-4-6-23(27-17)29-25(10-12-34(29,31)32)9-11-28(18(2)14-25)15-20-7-8-22(30)21(13-20)24-19(3)33-16-26-24/h4-8,10,12-13,16,18,30-32H,9,11,14-15H2,1-3H3/t18-,25-/m0/s1. The Labute approximate surface area is 201 Å². The lowest BCUT2D eigenvalue weighted by Gasteiger charge is -2.51. The van der Waals surface area contributed by atoms with Gasteiger partial charge in [0.15, 0.2) is 6.39 Å². The molecule has 2 aromatic heterocycles. The van der Waals surface area contributed by atoms with Crippen molar-refractivity contribution in [3.05, 3.63) is 71.3 Å². The summed E-state index contributed by atoms with van der Waals surface area (Å²) in [7, 11) is -3.08. The number of phenols is 1. The van der Waals surface area contributed by atoms with Gasteiger partial charge in [-0.1, -0.05) is 22.9 Å². The van der Waals surface area contributed by atoms with Crippen LogP contribution in [0.25, 0.3) is 11.3 Å². The molecule has 1 fully saturated rings. The fraction of sp³-hybridized carbons (Fsp3) is 0.360. The molecule has 3 N–H and O–H groups in total. The van der Waals surface area contributed by atoms with E-state index in [1.165, 1.54) is 6.39 Å². The quantitative estimate of drug-likeness (QED) is 0.449. The van der Waals surface area contributed by atoms with E-state index in [0.717, 1.165) is 30.6 Å². The highest BCUT2D eigenvalue weighted by molar-refractivity contribution is 8.28. The van der Waals surface area contributed by atoms with Crippen LogP contribution in [0.1, 0.15) is 36.8 Å². The molecule has 0 amide bonds. The molecule has 180 valence electrons. The maximum atomic E-state index is 10.9. The number of pyridine rings is 1. The van der Waals surface area contributed by atoms with Crippen LogP contribution in [0.3, 0.4) is 0 Å². The fourth-order valence-electron chi connectivity index (χ4n) is 5.16. The van der Waals surface area contributed by atoms with Crippen LogP contribution in [0.15, 0.2) is 58.7 Å². The third-order valence-electron chi connectivity index (χ3n) is 6.87. The largest absolute Gasteiger partial charge is 0.507 e. The van der Waals surface area contributed by atoms with E-state index in [1.807, 2.05) is 50.3 Å². The van der Waals surface area contributed by atoms with Crippen molar-refractivity contribution in [2.45, 2.75) is 51.7 Å². The Morgan fingerprint density at radius 2 is 2.03 bits per heavy atom. The predicted molar refractivity (Wildman–Crippen MR) is 134 cm³/mol. The molecule has 0 bridgehead atoms. The third-order valence-corrected chi connectivity index (χ3v) is 8.46. The van der Waals surface area contributed by atoms with Gasteiger partial charge in [0.05, 0.1) is 5.54 Å². The Morgan fingerprint density at radius 3 is 2.74 bits per heavy atom. The molecule has 0 saturated carbocycles. The van der Waals surface area contributed by atoms with Gasteiger partial charge in [0.2, 0.25) is 0 Å². The Kier molecular flexibility index (Phi) is 5.68. The van der Waals surface area contributed by atoms with Crippen LogP contribution in [-0.4, -0.2) is 47.2 Å². The number of piperidine rings is 1. The van der Waals surface area contributed by atoms with E-state index in [1.54, 1.807) is 15.8 Å². The summed E-state index contributed by atoms with van der Waals surface area (Å²) >= 11 is 0. The van der Waals surface area contributed by atoms with Crippen molar-refractivity contribution in [2.24, 2.45) is 0 Å². The van der Waals surface area contributed by atoms with E-state index in [4.69, 9.17) is 4.42 Å². The van der Waals surface area contributed by atoms with Crippen LogP contribution in [0.2, 0.25) is 0 Å². The molecule has 0 aliphatic carbocycles. The number of phenolic OH excluding ortho intramolecular Hbond substituents is 1. The van der Waals surface area contributed by atoms with Gasteiger partial charge in [-0.2, -0.15) is 0 Å². The fourth-order valence-corrected chi connectivity index (χ4v) is 6.86. The predicted octanol–water partition coefficient (Wildman–Crippen LogP) is 5.48. The van der Waals surface area contributed by atoms with Crippen LogP contribution < -0.4 is 4.31 Å². The summed E-state index contributed by atoms with van der Waals surface area (Å²) in [6.07, 6.45) is 4.83. The highest BCUT2D eigenvalue weighted by Crippen LogP contribution is 2.59. The second-order valence-corrected chi connectivity index (χ2v) is 11.0. The van der Waals surface area contributed by atoms with E-state index in [0.29, 0.717) is 29.4 Å². The number of hydrogen-bond acceptors (Lipinski definition) is 8. The van der Waals surface area contributed by atoms with Crippen molar-refractivity contribution < 1.29 is 18.6 Å². The average molecular weight is 483 g/mol. The summed E-state index contributed by atoms with van der Waals surface area (Å²) in [4.78, 5) is 11.2. The average Bonchev–Trinajstić information content (AvgIpc) is 3.31. The van der Waals surface area contributed by atoms with Crippen LogP contribution >= 0.6 is 10.8 Å². The Morgan fingerprint density at radius 1 is 1.21 bits per heavy atom. The second kappa shape index (κ2) is 8.42. The van der Waals surface area contributed by atoms with Gasteiger partial charge in [0.25, 0.3) is 0 Å². The monoisotopic (exact) mass is 482 g/mol. The normalized spacial score (nSPS) is 25.2. The third kappa shape index (κ3) is 3.98. The first-order valence-corrected chi connectivity index (χ1v) is 12.9. The first-order valence-electron chi connectivity index (χ1n) is 11.4. The Hall–Kier alpha value is -2.85. The summed E-state index contributed by atoms with van der Waals surface area (Å²) < 4.78 is 28.8. The summed E-state index contributed by atoms with van der Waals surface area (Å²) in [5.41, 5.74) is 2.72. The van der Waals surface area contributed by atoms with Crippen molar-refractivity contribution in [3.63, 3.8) is 0 Å². The van der Waals surface area contributed by atoms with E-state index < -0.39 is 16.3 Å². The summed E-state index contributed by atoms with van der Waals surface area (Å²) in [5, 5.41) is 11.9. The summed E-state index contributed by atoms with van der Waals surface area (Å²) in [5.74, 6) is 1.43. The van der Waals surface area contributed by atoms with Crippen molar-refractivity contribution in [1.82, 2.24) is 14.9 Å². The lowest BCUT2D eigenvalue weighted by atomic mass is 9.83. The Bertz CT molecular complexity index is 1240. The molecule has 34 heavy (non-hydrogen) atoms. The molecule has 1 aromatic carbocycles. The molecule has 2 atom stereocenters. The molecular formula is C25H30N4O4S. The maximum absolute atomic E-state index is 10.9. The van der Waals surface area contributed by atoms with Gasteiger partial charge < -0.3 is 9.52 Å². The van der Waals surface area contributed by atoms with Gasteiger partial charge in [0.1, 0.15) is 23.0 Å². The zero-order valence-electron chi connectivity index (χ0n) is 19.5. The van der Waals surface area contributed by atoms with Gasteiger partial charge in [-0.05, 0) is 69.5 Å². The Balaban J connectivity index is 1.37. The maximum Gasteiger partial charge on any atom is 0.181 e. The molecule has 2 aliphatic heterocycles. The molecule has 3 aromatic rings. The zero-order chi connectivity index (χ0) is 24.1. The molecule has 0 unspecified atom stereocenters. The number of aryl methyl sites for hydroxylation is 2. The van der Waals surface area contributed by atoms with Crippen molar-refractivity contribution in [1.29, 1.82) is 0 Å². The lowest BCUT2D eigenvalue weighted by molar-refractivity contribution is 0.119. The summed E-state index contributed by atoms with van der Waals surface area (Å²) in [6.45, 7) is 7.40. The van der Waals surface area contributed by atoms with E-state index in [-0.39, 0.29) is 11.8 Å². The number of benzene rings is 1. The molecule has 5 rings (SSSR count). The lowest BCUT2D eigenvalue weighted by Crippen LogP contribution is -2.55. The van der Waals surface area contributed by atoms with Gasteiger partial charge in [0, 0.05) is 35.8 Å². The highest BCUT2D eigenvalue weighted by atomic mass is 32.3. The molecular weight excluding hydrogens is 452 g/mol. The molecule has 1 saturated heterocycles. The van der Waals surface area contributed by atoms with E-state index in [9.17, 15) is 14.2 Å². The number of aromatic nitrogens is 2.